The summed E-state index contributed by atoms with van der Waals surface area (Å²) < 4.78 is 26.3. The monoisotopic (exact) mass is 352 g/mol. The van der Waals surface area contributed by atoms with Crippen LogP contribution in [-0.4, -0.2) is 48.4 Å². The highest BCUT2D eigenvalue weighted by atomic mass is 19.2. The molecular formula is C20H30F2N2O. The fourth-order valence-corrected chi connectivity index (χ4v) is 3.28. The summed E-state index contributed by atoms with van der Waals surface area (Å²) in [5.74, 6) is -0.921. The normalized spacial score (nSPS) is 18.2. The first-order valence-electron chi connectivity index (χ1n) is 9.28. The molecule has 140 valence electrons. The molecule has 2 rings (SSSR count). The molecule has 0 unspecified atom stereocenters. The average molecular weight is 352 g/mol. The van der Waals surface area contributed by atoms with Crippen molar-refractivity contribution >= 4 is 5.91 Å². The first kappa shape index (κ1) is 19.8. The Hall–Kier alpha value is -1.49. The zero-order valence-electron chi connectivity index (χ0n) is 15.6. The molecule has 3 nitrogen and oxygen atoms in total. The van der Waals surface area contributed by atoms with Crippen LogP contribution in [-0.2, 0) is 11.2 Å². The number of carbonyl (C=O) groups excluding carboxylic acids is 1. The predicted molar refractivity (Wildman–Crippen MR) is 96.4 cm³/mol. The van der Waals surface area contributed by atoms with E-state index in [-0.39, 0.29) is 5.91 Å². The van der Waals surface area contributed by atoms with Gasteiger partial charge in [-0.2, -0.15) is 0 Å². The molecule has 0 spiro atoms. The van der Waals surface area contributed by atoms with Crippen LogP contribution in [0.5, 0.6) is 0 Å². The van der Waals surface area contributed by atoms with E-state index in [2.05, 4.69) is 18.7 Å². The Morgan fingerprint density at radius 1 is 1.32 bits per heavy atom. The number of benzene rings is 1. The van der Waals surface area contributed by atoms with Gasteiger partial charge in [-0.05, 0) is 70.2 Å². The highest BCUT2D eigenvalue weighted by Gasteiger charge is 2.23. The smallest absolute Gasteiger partial charge is 0.223 e. The van der Waals surface area contributed by atoms with Gasteiger partial charge in [0.05, 0.1) is 0 Å². The predicted octanol–water partition coefficient (Wildman–Crippen LogP) is 3.87. The Kier molecular flexibility index (Phi) is 7.36. The molecule has 0 saturated carbocycles. The van der Waals surface area contributed by atoms with Crippen molar-refractivity contribution in [1.82, 2.24) is 9.80 Å². The fraction of sp³-hybridized carbons (Fsp3) is 0.650. The number of carbonyl (C=O) groups is 1. The molecule has 1 saturated heterocycles. The lowest BCUT2D eigenvalue weighted by Crippen LogP contribution is -2.41. The lowest BCUT2D eigenvalue weighted by atomic mass is 9.91. The van der Waals surface area contributed by atoms with Gasteiger partial charge in [-0.1, -0.05) is 6.07 Å². The maximum atomic E-state index is 13.3. The molecule has 0 bridgehead atoms. The lowest BCUT2D eigenvalue weighted by Gasteiger charge is -2.33. The molecule has 5 heteroatoms. The van der Waals surface area contributed by atoms with Gasteiger partial charge in [0, 0.05) is 32.1 Å². The molecule has 1 aliphatic rings. The SMILES string of the molecule is CC(C)N(C)CCC(=O)N1CCC[C@H](CCc2ccc(F)c(F)c2)C1. The van der Waals surface area contributed by atoms with Crippen LogP contribution in [0.1, 0.15) is 45.1 Å². The van der Waals surface area contributed by atoms with Crippen LogP contribution < -0.4 is 0 Å². The first-order valence-corrected chi connectivity index (χ1v) is 9.28. The highest BCUT2D eigenvalue weighted by molar-refractivity contribution is 5.76. The number of piperidine rings is 1. The number of rotatable bonds is 7. The van der Waals surface area contributed by atoms with Crippen molar-refractivity contribution in [2.24, 2.45) is 5.92 Å². The van der Waals surface area contributed by atoms with E-state index in [0.29, 0.717) is 18.4 Å². The molecular weight excluding hydrogens is 322 g/mol. The molecule has 25 heavy (non-hydrogen) atoms. The maximum absolute atomic E-state index is 13.3. The molecule has 1 aromatic carbocycles. The summed E-state index contributed by atoms with van der Waals surface area (Å²) >= 11 is 0. The second-order valence-corrected chi connectivity index (χ2v) is 7.46. The maximum Gasteiger partial charge on any atom is 0.223 e. The lowest BCUT2D eigenvalue weighted by molar-refractivity contribution is -0.133. The van der Waals surface area contributed by atoms with E-state index in [4.69, 9.17) is 0 Å². The van der Waals surface area contributed by atoms with Crippen LogP contribution in [0.4, 0.5) is 8.78 Å². The van der Waals surface area contributed by atoms with E-state index in [1.54, 1.807) is 6.07 Å². The third-order valence-corrected chi connectivity index (χ3v) is 5.26. The Bertz CT molecular complexity index is 577. The molecule has 1 heterocycles. The fourth-order valence-electron chi connectivity index (χ4n) is 3.28. The van der Waals surface area contributed by atoms with Crippen LogP contribution in [0.3, 0.4) is 0 Å². The van der Waals surface area contributed by atoms with Crippen molar-refractivity contribution in [3.63, 3.8) is 0 Å². The topological polar surface area (TPSA) is 23.6 Å². The minimum atomic E-state index is -0.801. The molecule has 0 aromatic heterocycles. The standard InChI is InChI=1S/C20H30F2N2O/c1-15(2)23(3)12-10-20(25)24-11-4-5-17(14-24)7-6-16-8-9-18(21)19(22)13-16/h8-9,13,15,17H,4-7,10-12,14H2,1-3H3/t17-/m1/s1. The quantitative estimate of drug-likeness (QED) is 0.744. The number of halogens is 2. The number of likely N-dealkylation sites (tertiary alicyclic amines) is 1. The van der Waals surface area contributed by atoms with E-state index >= 15 is 0 Å². The largest absolute Gasteiger partial charge is 0.342 e. The molecule has 0 N–H and O–H groups in total. The van der Waals surface area contributed by atoms with Gasteiger partial charge in [0.15, 0.2) is 11.6 Å². The number of amides is 1. The van der Waals surface area contributed by atoms with Crippen LogP contribution >= 0.6 is 0 Å². The van der Waals surface area contributed by atoms with E-state index in [1.807, 2.05) is 11.9 Å². The molecule has 1 atom stereocenters. The van der Waals surface area contributed by atoms with Crippen molar-refractivity contribution in [2.75, 3.05) is 26.7 Å². The van der Waals surface area contributed by atoms with Gasteiger partial charge in [0.1, 0.15) is 0 Å². The van der Waals surface area contributed by atoms with Gasteiger partial charge in [0.2, 0.25) is 5.91 Å². The Morgan fingerprint density at radius 2 is 2.08 bits per heavy atom. The molecule has 1 aliphatic heterocycles. The minimum absolute atomic E-state index is 0.227. The molecule has 0 aliphatic carbocycles. The van der Waals surface area contributed by atoms with Crippen molar-refractivity contribution in [2.45, 2.75) is 52.0 Å². The van der Waals surface area contributed by atoms with Crippen molar-refractivity contribution in [3.05, 3.63) is 35.4 Å². The van der Waals surface area contributed by atoms with Crippen molar-refractivity contribution < 1.29 is 13.6 Å². The van der Waals surface area contributed by atoms with Gasteiger partial charge in [-0.25, -0.2) is 8.78 Å². The second-order valence-electron chi connectivity index (χ2n) is 7.46. The number of nitrogens with zero attached hydrogens (tertiary/aromatic N) is 2. The van der Waals surface area contributed by atoms with Crippen LogP contribution in [0.25, 0.3) is 0 Å². The van der Waals surface area contributed by atoms with Crippen LogP contribution in [0, 0.1) is 17.6 Å². The zero-order valence-corrected chi connectivity index (χ0v) is 15.6. The number of hydrogen-bond acceptors (Lipinski definition) is 2. The van der Waals surface area contributed by atoms with E-state index < -0.39 is 11.6 Å². The summed E-state index contributed by atoms with van der Waals surface area (Å²) in [6.07, 6.45) is 4.30. The zero-order chi connectivity index (χ0) is 18.4. The number of hydrogen-bond donors (Lipinski definition) is 0. The summed E-state index contributed by atoms with van der Waals surface area (Å²) in [5, 5.41) is 0. The Labute approximate surface area is 150 Å². The Balaban J connectivity index is 1.79. The van der Waals surface area contributed by atoms with Gasteiger partial charge >= 0.3 is 0 Å². The summed E-state index contributed by atoms with van der Waals surface area (Å²) in [6, 6.07) is 4.56. The third kappa shape index (κ3) is 6.07. The molecule has 0 radical (unpaired) electrons. The van der Waals surface area contributed by atoms with Crippen molar-refractivity contribution in [3.8, 4) is 0 Å². The van der Waals surface area contributed by atoms with Crippen LogP contribution in [0.2, 0.25) is 0 Å². The summed E-state index contributed by atoms with van der Waals surface area (Å²) in [4.78, 5) is 16.6. The van der Waals surface area contributed by atoms with Gasteiger partial charge in [0.25, 0.3) is 0 Å². The molecule has 1 amide bonds. The van der Waals surface area contributed by atoms with Gasteiger partial charge < -0.3 is 9.80 Å². The summed E-state index contributed by atoms with van der Waals surface area (Å²) in [5.41, 5.74) is 0.820. The third-order valence-electron chi connectivity index (χ3n) is 5.26. The molecule has 1 fully saturated rings. The van der Waals surface area contributed by atoms with E-state index in [9.17, 15) is 13.6 Å². The van der Waals surface area contributed by atoms with Gasteiger partial charge in [-0.3, -0.25) is 4.79 Å². The van der Waals surface area contributed by atoms with E-state index in [0.717, 1.165) is 50.9 Å². The average Bonchev–Trinajstić information content (AvgIpc) is 2.60. The minimum Gasteiger partial charge on any atom is -0.342 e. The van der Waals surface area contributed by atoms with E-state index in [1.165, 1.54) is 12.1 Å². The molecule has 1 aromatic rings. The first-order chi connectivity index (χ1) is 11.9. The summed E-state index contributed by atoms with van der Waals surface area (Å²) in [6.45, 7) is 6.66. The number of aryl methyl sites for hydroxylation is 1. The van der Waals surface area contributed by atoms with Gasteiger partial charge in [-0.15, -0.1) is 0 Å². The summed E-state index contributed by atoms with van der Waals surface area (Å²) in [7, 11) is 2.04. The second kappa shape index (κ2) is 9.27. The Morgan fingerprint density at radius 3 is 2.76 bits per heavy atom. The van der Waals surface area contributed by atoms with Crippen molar-refractivity contribution in [1.29, 1.82) is 0 Å². The van der Waals surface area contributed by atoms with Crippen LogP contribution in [0.15, 0.2) is 18.2 Å². The highest BCUT2D eigenvalue weighted by Crippen LogP contribution is 2.22.